The lowest BCUT2D eigenvalue weighted by Crippen LogP contribution is -2.32. The van der Waals surface area contributed by atoms with Crippen molar-refractivity contribution in [3.8, 4) is 17.2 Å². The van der Waals surface area contributed by atoms with E-state index in [9.17, 15) is 9.65 Å². The molecule has 3 rings (SSSR count). The van der Waals surface area contributed by atoms with Crippen molar-refractivity contribution in [1.82, 2.24) is 0 Å². The van der Waals surface area contributed by atoms with Gasteiger partial charge in [0.2, 0.25) is 0 Å². The number of allylic oxidation sites excluding steroid dienone is 1. The van der Waals surface area contributed by atoms with E-state index in [0.29, 0.717) is 17.7 Å². The molecular formula is C20H19FN2OS. The molecule has 0 radical (unpaired) electrons. The van der Waals surface area contributed by atoms with Gasteiger partial charge in [0.25, 0.3) is 0 Å². The lowest BCUT2D eigenvalue weighted by atomic mass is 10.00. The highest BCUT2D eigenvalue weighted by atomic mass is 32.2. The van der Waals surface area contributed by atoms with Gasteiger partial charge in [0, 0.05) is 18.6 Å². The summed E-state index contributed by atoms with van der Waals surface area (Å²) in [5, 5.41) is 9.32. The highest BCUT2D eigenvalue weighted by Gasteiger charge is 2.30. The number of rotatable bonds is 4. The molecule has 25 heavy (non-hydrogen) atoms. The number of benzene rings is 2. The van der Waals surface area contributed by atoms with Crippen LogP contribution in [0.3, 0.4) is 0 Å². The van der Waals surface area contributed by atoms with Gasteiger partial charge in [0.1, 0.15) is 0 Å². The minimum atomic E-state index is -0.189. The van der Waals surface area contributed by atoms with Crippen LogP contribution in [0.25, 0.3) is 11.1 Å². The molecule has 128 valence electrons. The van der Waals surface area contributed by atoms with Gasteiger partial charge in [-0.1, -0.05) is 36.0 Å². The number of nitriles is 1. The molecular weight excluding hydrogens is 335 g/mol. The van der Waals surface area contributed by atoms with E-state index < -0.39 is 0 Å². The van der Waals surface area contributed by atoms with Crippen LogP contribution in [-0.4, -0.2) is 19.2 Å². The zero-order valence-electron chi connectivity index (χ0n) is 14.4. The monoisotopic (exact) mass is 354 g/mol. The molecule has 0 N–H and O–H groups in total. The summed E-state index contributed by atoms with van der Waals surface area (Å²) in [7, 11) is 1.66. The van der Waals surface area contributed by atoms with Crippen LogP contribution in [-0.2, 0) is 4.74 Å². The largest absolute Gasteiger partial charge is 0.352 e. The molecule has 0 amide bonds. The van der Waals surface area contributed by atoms with Crippen molar-refractivity contribution in [2.45, 2.75) is 24.3 Å². The van der Waals surface area contributed by atoms with E-state index >= 15 is 0 Å². The number of hydrogen-bond donors (Lipinski definition) is 0. The Bertz CT molecular complexity index is 868. The quantitative estimate of drug-likeness (QED) is 0.743. The van der Waals surface area contributed by atoms with Gasteiger partial charge in [0.15, 0.2) is 5.56 Å². The van der Waals surface area contributed by atoms with Gasteiger partial charge < -0.3 is 9.64 Å². The van der Waals surface area contributed by atoms with E-state index in [1.165, 1.54) is 6.92 Å². The van der Waals surface area contributed by atoms with Gasteiger partial charge in [0.05, 0.1) is 23.1 Å². The zero-order chi connectivity index (χ0) is 18.0. The molecule has 1 aliphatic rings. The molecule has 1 heterocycles. The smallest absolute Gasteiger partial charge is 0.183 e. The molecule has 0 bridgehead atoms. The fourth-order valence-corrected chi connectivity index (χ4v) is 3.96. The van der Waals surface area contributed by atoms with Crippen LogP contribution in [0.2, 0.25) is 0 Å². The molecule has 2 aromatic rings. The Morgan fingerprint density at radius 1 is 1.28 bits per heavy atom. The standard InChI is InChI=1S/C20H19FN2OS/c1-13(14(2)21)12-23-18-9-8-15(10-19(18)25-20(23)24-3)17-7-5-4-6-16(17)11-22/h4-10,20H,12H2,1-3H3. The number of halogens is 1. The number of nitrogens with zero attached hydrogens (tertiary/aromatic N) is 2. The summed E-state index contributed by atoms with van der Waals surface area (Å²) in [5.74, 6) is -0.159. The molecule has 2 aromatic carbocycles. The predicted molar refractivity (Wildman–Crippen MR) is 100 cm³/mol. The Kier molecular flexibility index (Phi) is 5.12. The maximum Gasteiger partial charge on any atom is 0.183 e. The van der Waals surface area contributed by atoms with Crippen LogP contribution < -0.4 is 4.90 Å². The normalized spacial score (nSPS) is 17.1. The average molecular weight is 354 g/mol. The third-order valence-corrected chi connectivity index (χ3v) is 5.54. The number of fused-ring (bicyclic) bond motifs is 1. The molecule has 3 nitrogen and oxygen atoms in total. The van der Waals surface area contributed by atoms with E-state index in [-0.39, 0.29) is 11.4 Å². The first-order valence-corrected chi connectivity index (χ1v) is 8.84. The second-order valence-electron chi connectivity index (χ2n) is 5.94. The molecule has 0 saturated heterocycles. The summed E-state index contributed by atoms with van der Waals surface area (Å²) in [5.41, 5.74) is 4.08. The Labute approximate surface area is 151 Å². The number of anilines is 1. The van der Waals surface area contributed by atoms with Crippen LogP contribution in [0, 0.1) is 11.3 Å². The Hall–Kier alpha value is -2.29. The maximum absolute atomic E-state index is 13.5. The second-order valence-corrected chi connectivity index (χ2v) is 7.02. The maximum atomic E-state index is 13.5. The van der Waals surface area contributed by atoms with Gasteiger partial charge in [-0.05, 0) is 48.7 Å². The molecule has 1 unspecified atom stereocenters. The van der Waals surface area contributed by atoms with Crippen molar-refractivity contribution in [2.75, 3.05) is 18.6 Å². The van der Waals surface area contributed by atoms with Crippen LogP contribution in [0.15, 0.2) is 58.8 Å². The number of hydrogen-bond acceptors (Lipinski definition) is 4. The highest BCUT2D eigenvalue weighted by Crippen LogP contribution is 2.45. The molecule has 0 spiro atoms. The Morgan fingerprint density at radius 3 is 2.72 bits per heavy atom. The van der Waals surface area contributed by atoms with Crippen molar-refractivity contribution < 1.29 is 9.13 Å². The van der Waals surface area contributed by atoms with Crippen LogP contribution >= 0.6 is 11.8 Å². The van der Waals surface area contributed by atoms with Crippen molar-refractivity contribution in [1.29, 1.82) is 5.26 Å². The zero-order valence-corrected chi connectivity index (χ0v) is 15.2. The van der Waals surface area contributed by atoms with Crippen LogP contribution in [0.4, 0.5) is 10.1 Å². The van der Waals surface area contributed by atoms with E-state index in [1.807, 2.05) is 36.4 Å². The molecule has 1 atom stereocenters. The van der Waals surface area contributed by atoms with Crippen molar-refractivity contribution in [3.63, 3.8) is 0 Å². The molecule has 0 aliphatic carbocycles. The summed E-state index contributed by atoms with van der Waals surface area (Å²) in [6, 6.07) is 15.9. The minimum absolute atomic E-state index is 0.159. The molecule has 0 saturated carbocycles. The lowest BCUT2D eigenvalue weighted by Gasteiger charge is -2.25. The molecule has 0 fully saturated rings. The predicted octanol–water partition coefficient (Wildman–Crippen LogP) is 5.33. The Balaban J connectivity index is 2.00. The van der Waals surface area contributed by atoms with Crippen LogP contribution in [0.1, 0.15) is 19.4 Å². The third kappa shape index (κ3) is 3.41. The van der Waals surface area contributed by atoms with Crippen molar-refractivity contribution >= 4 is 17.4 Å². The van der Waals surface area contributed by atoms with Gasteiger partial charge in [-0.2, -0.15) is 5.26 Å². The molecule has 1 aliphatic heterocycles. The second kappa shape index (κ2) is 7.30. The highest BCUT2D eigenvalue weighted by molar-refractivity contribution is 8.00. The average Bonchev–Trinajstić information content (AvgIpc) is 2.98. The van der Waals surface area contributed by atoms with Gasteiger partial charge >= 0.3 is 0 Å². The van der Waals surface area contributed by atoms with E-state index in [4.69, 9.17) is 4.74 Å². The van der Waals surface area contributed by atoms with Gasteiger partial charge in [-0.15, -0.1) is 0 Å². The van der Waals surface area contributed by atoms with E-state index in [2.05, 4.69) is 17.0 Å². The van der Waals surface area contributed by atoms with E-state index in [1.54, 1.807) is 25.8 Å². The topological polar surface area (TPSA) is 36.3 Å². The minimum Gasteiger partial charge on any atom is -0.352 e. The number of methoxy groups -OCH3 is 1. The third-order valence-electron chi connectivity index (χ3n) is 4.31. The first-order valence-electron chi connectivity index (χ1n) is 7.96. The molecule has 5 heteroatoms. The first kappa shape index (κ1) is 17.5. The van der Waals surface area contributed by atoms with Crippen molar-refractivity contribution in [2.24, 2.45) is 0 Å². The molecule has 0 aromatic heterocycles. The fourth-order valence-electron chi connectivity index (χ4n) is 2.83. The van der Waals surface area contributed by atoms with E-state index in [0.717, 1.165) is 21.7 Å². The Morgan fingerprint density at radius 2 is 2.04 bits per heavy atom. The van der Waals surface area contributed by atoms with Gasteiger partial charge in [-0.25, -0.2) is 4.39 Å². The van der Waals surface area contributed by atoms with Crippen molar-refractivity contribution in [3.05, 3.63) is 59.4 Å². The summed E-state index contributed by atoms with van der Waals surface area (Å²) in [6.45, 7) is 3.75. The lowest BCUT2D eigenvalue weighted by molar-refractivity contribution is 0.173. The van der Waals surface area contributed by atoms with Crippen LogP contribution in [0.5, 0.6) is 0 Å². The SMILES string of the molecule is COC1Sc2cc(-c3ccccc3C#N)ccc2N1CC(C)=C(C)F. The first-order chi connectivity index (χ1) is 12.0. The summed E-state index contributed by atoms with van der Waals surface area (Å²) in [6.07, 6.45) is 0. The number of thioether (sulfide) groups is 1. The number of ether oxygens (including phenoxy) is 1. The van der Waals surface area contributed by atoms with Gasteiger partial charge in [-0.3, -0.25) is 0 Å². The summed E-state index contributed by atoms with van der Waals surface area (Å²) < 4.78 is 19.1. The fraction of sp³-hybridized carbons (Fsp3) is 0.250. The summed E-state index contributed by atoms with van der Waals surface area (Å²) >= 11 is 1.60. The summed E-state index contributed by atoms with van der Waals surface area (Å²) in [4.78, 5) is 3.12.